The fourth-order valence-corrected chi connectivity index (χ4v) is 4.30. The standard InChI is InChI=1S/C24H18N2O3S/c27-21(26-24(10-11-24)23(28)29)17-8-6-15-7-9-18(13-19(15)12-17)22-25-20(14-30-22)16-4-2-1-3-5-16/h1-9,12-14H,10-11H2,(H,26,27)(H,28,29). The van der Waals surface area contributed by atoms with Gasteiger partial charge in [0.15, 0.2) is 0 Å². The highest BCUT2D eigenvalue weighted by atomic mass is 32.1. The van der Waals surface area contributed by atoms with Crippen LogP contribution in [0, 0.1) is 0 Å². The van der Waals surface area contributed by atoms with E-state index < -0.39 is 11.5 Å². The van der Waals surface area contributed by atoms with E-state index in [1.54, 1.807) is 23.5 Å². The van der Waals surface area contributed by atoms with E-state index in [1.807, 2.05) is 60.0 Å². The van der Waals surface area contributed by atoms with Crippen LogP contribution in [0.1, 0.15) is 23.2 Å². The van der Waals surface area contributed by atoms with Gasteiger partial charge < -0.3 is 10.4 Å². The van der Waals surface area contributed by atoms with Crippen molar-refractivity contribution in [2.75, 3.05) is 0 Å². The molecule has 0 bridgehead atoms. The summed E-state index contributed by atoms with van der Waals surface area (Å²) in [5.41, 5.74) is 2.36. The second-order valence-electron chi connectivity index (χ2n) is 7.52. The molecule has 1 fully saturated rings. The zero-order valence-electron chi connectivity index (χ0n) is 16.0. The van der Waals surface area contributed by atoms with Crippen LogP contribution >= 0.6 is 11.3 Å². The van der Waals surface area contributed by atoms with E-state index in [-0.39, 0.29) is 5.91 Å². The number of rotatable bonds is 5. The first-order valence-corrected chi connectivity index (χ1v) is 10.5. The minimum atomic E-state index is -1.09. The lowest BCUT2D eigenvalue weighted by Crippen LogP contribution is -2.43. The highest BCUT2D eigenvalue weighted by molar-refractivity contribution is 7.13. The molecule has 1 saturated carbocycles. The fraction of sp³-hybridized carbons (Fsp3) is 0.125. The van der Waals surface area contributed by atoms with Crippen LogP contribution < -0.4 is 5.32 Å². The van der Waals surface area contributed by atoms with Crippen molar-refractivity contribution >= 4 is 34.0 Å². The van der Waals surface area contributed by atoms with Crippen LogP contribution in [0.4, 0.5) is 0 Å². The number of amides is 1. The highest BCUT2D eigenvalue weighted by Crippen LogP contribution is 2.36. The zero-order valence-corrected chi connectivity index (χ0v) is 16.8. The second kappa shape index (κ2) is 7.07. The number of benzene rings is 3. The van der Waals surface area contributed by atoms with E-state index in [9.17, 15) is 14.7 Å². The average Bonchev–Trinajstić information content (AvgIpc) is 3.39. The minimum absolute atomic E-state index is 0.359. The molecule has 2 N–H and O–H groups in total. The van der Waals surface area contributed by atoms with Crippen molar-refractivity contribution in [2.45, 2.75) is 18.4 Å². The normalized spacial score (nSPS) is 14.4. The van der Waals surface area contributed by atoms with Gasteiger partial charge in [0.25, 0.3) is 5.91 Å². The van der Waals surface area contributed by atoms with Crippen LogP contribution in [0.3, 0.4) is 0 Å². The summed E-state index contributed by atoms with van der Waals surface area (Å²) < 4.78 is 0. The summed E-state index contributed by atoms with van der Waals surface area (Å²) in [4.78, 5) is 28.7. The number of hydrogen-bond donors (Lipinski definition) is 2. The maximum atomic E-state index is 12.6. The van der Waals surface area contributed by atoms with E-state index in [1.165, 1.54) is 0 Å². The van der Waals surface area contributed by atoms with Crippen LogP contribution in [-0.4, -0.2) is 27.5 Å². The number of carbonyl (C=O) groups is 2. The molecule has 6 heteroatoms. The third kappa shape index (κ3) is 3.35. The van der Waals surface area contributed by atoms with Crippen molar-refractivity contribution in [3.05, 3.63) is 77.7 Å². The number of carboxylic acids is 1. The Kier molecular flexibility index (Phi) is 4.37. The molecule has 3 aromatic carbocycles. The minimum Gasteiger partial charge on any atom is -0.480 e. The molecule has 1 aliphatic rings. The number of carbonyl (C=O) groups excluding carboxylic acids is 1. The van der Waals surface area contributed by atoms with Crippen molar-refractivity contribution in [1.82, 2.24) is 10.3 Å². The number of carboxylic acid groups (broad SMARTS) is 1. The predicted molar refractivity (Wildman–Crippen MR) is 118 cm³/mol. The molecule has 0 spiro atoms. The first kappa shape index (κ1) is 18.5. The fourth-order valence-electron chi connectivity index (χ4n) is 3.48. The van der Waals surface area contributed by atoms with E-state index in [0.717, 1.165) is 32.6 Å². The van der Waals surface area contributed by atoms with Gasteiger partial charge in [0.2, 0.25) is 0 Å². The highest BCUT2D eigenvalue weighted by Gasteiger charge is 2.51. The van der Waals surface area contributed by atoms with Gasteiger partial charge in [-0.25, -0.2) is 9.78 Å². The molecule has 0 unspecified atom stereocenters. The van der Waals surface area contributed by atoms with Gasteiger partial charge in [-0.15, -0.1) is 11.3 Å². The van der Waals surface area contributed by atoms with Crippen LogP contribution in [0.15, 0.2) is 72.1 Å². The molecule has 0 atom stereocenters. The Hall–Kier alpha value is -3.51. The number of nitrogens with one attached hydrogen (secondary N) is 1. The summed E-state index contributed by atoms with van der Waals surface area (Å²) in [6.45, 7) is 0. The van der Waals surface area contributed by atoms with Gasteiger partial charge in [0.1, 0.15) is 10.5 Å². The van der Waals surface area contributed by atoms with Gasteiger partial charge in [-0.2, -0.15) is 0 Å². The lowest BCUT2D eigenvalue weighted by atomic mass is 10.0. The molecule has 5 rings (SSSR count). The Bertz CT molecular complexity index is 1280. The summed E-state index contributed by atoms with van der Waals surface area (Å²) in [6, 6.07) is 21.5. The number of aromatic nitrogens is 1. The number of thiazole rings is 1. The van der Waals surface area contributed by atoms with E-state index >= 15 is 0 Å². The second-order valence-corrected chi connectivity index (χ2v) is 8.38. The van der Waals surface area contributed by atoms with E-state index in [0.29, 0.717) is 18.4 Å². The monoisotopic (exact) mass is 414 g/mol. The molecule has 5 nitrogen and oxygen atoms in total. The maximum Gasteiger partial charge on any atom is 0.329 e. The zero-order chi connectivity index (χ0) is 20.7. The SMILES string of the molecule is O=C(NC1(C(=O)O)CC1)c1ccc2ccc(-c3nc(-c4ccccc4)cs3)cc2c1. The van der Waals surface area contributed by atoms with Gasteiger partial charge in [-0.1, -0.05) is 48.5 Å². The molecule has 1 aromatic heterocycles. The molecular weight excluding hydrogens is 396 g/mol. The summed E-state index contributed by atoms with van der Waals surface area (Å²) in [5.74, 6) is -1.33. The molecule has 4 aromatic rings. The molecular formula is C24H18N2O3S. The molecule has 0 aliphatic heterocycles. The Morgan fingerprint density at radius 3 is 2.43 bits per heavy atom. The predicted octanol–water partition coefficient (Wildman–Crippen LogP) is 4.98. The summed E-state index contributed by atoms with van der Waals surface area (Å²) in [6.07, 6.45) is 0.944. The maximum absolute atomic E-state index is 12.6. The third-order valence-corrected chi connectivity index (χ3v) is 6.33. The Morgan fingerprint density at radius 2 is 1.70 bits per heavy atom. The molecule has 0 radical (unpaired) electrons. The molecule has 1 aliphatic carbocycles. The molecule has 30 heavy (non-hydrogen) atoms. The van der Waals surface area contributed by atoms with Crippen LogP contribution in [-0.2, 0) is 4.79 Å². The van der Waals surface area contributed by atoms with Crippen LogP contribution in [0.2, 0.25) is 0 Å². The largest absolute Gasteiger partial charge is 0.480 e. The van der Waals surface area contributed by atoms with Crippen molar-refractivity contribution < 1.29 is 14.7 Å². The summed E-state index contributed by atoms with van der Waals surface area (Å²) >= 11 is 1.58. The number of aliphatic carboxylic acids is 1. The van der Waals surface area contributed by atoms with Gasteiger partial charge in [0.05, 0.1) is 5.69 Å². The van der Waals surface area contributed by atoms with Crippen molar-refractivity contribution in [3.8, 4) is 21.8 Å². The first-order valence-electron chi connectivity index (χ1n) is 9.65. The quantitative estimate of drug-likeness (QED) is 0.483. The third-order valence-electron chi connectivity index (χ3n) is 5.44. The topological polar surface area (TPSA) is 79.3 Å². The van der Waals surface area contributed by atoms with Crippen LogP contribution in [0.5, 0.6) is 0 Å². The van der Waals surface area contributed by atoms with Crippen molar-refractivity contribution in [3.63, 3.8) is 0 Å². The first-order chi connectivity index (χ1) is 14.5. The molecule has 0 saturated heterocycles. The van der Waals surface area contributed by atoms with Gasteiger partial charge in [-0.3, -0.25) is 4.79 Å². The van der Waals surface area contributed by atoms with Crippen molar-refractivity contribution in [2.24, 2.45) is 0 Å². The summed E-state index contributed by atoms with van der Waals surface area (Å²) in [5, 5.41) is 16.8. The van der Waals surface area contributed by atoms with Gasteiger partial charge >= 0.3 is 5.97 Å². The molecule has 1 heterocycles. The summed E-state index contributed by atoms with van der Waals surface area (Å²) in [7, 11) is 0. The Balaban J connectivity index is 1.45. The van der Waals surface area contributed by atoms with E-state index in [2.05, 4.69) is 5.32 Å². The van der Waals surface area contributed by atoms with Gasteiger partial charge in [-0.05, 0) is 41.8 Å². The average molecular weight is 414 g/mol. The molecule has 1 amide bonds. The van der Waals surface area contributed by atoms with E-state index in [4.69, 9.17) is 4.98 Å². The molecule has 148 valence electrons. The van der Waals surface area contributed by atoms with Gasteiger partial charge in [0, 0.05) is 22.1 Å². The lowest BCUT2D eigenvalue weighted by Gasteiger charge is -2.12. The smallest absolute Gasteiger partial charge is 0.329 e. The van der Waals surface area contributed by atoms with Crippen LogP contribution in [0.25, 0.3) is 32.6 Å². The Labute approximate surface area is 177 Å². The Morgan fingerprint density at radius 1 is 0.933 bits per heavy atom. The number of hydrogen-bond acceptors (Lipinski definition) is 4. The lowest BCUT2D eigenvalue weighted by molar-refractivity contribution is -0.140. The van der Waals surface area contributed by atoms with Crippen molar-refractivity contribution in [1.29, 1.82) is 0 Å². The number of nitrogens with zero attached hydrogens (tertiary/aromatic N) is 1. The number of fused-ring (bicyclic) bond motifs is 1.